The fourth-order valence-corrected chi connectivity index (χ4v) is 5.20. The molecule has 1 aromatic carbocycles. The van der Waals surface area contributed by atoms with Gasteiger partial charge in [-0.2, -0.15) is 0 Å². The molecule has 216 valence electrons. The summed E-state index contributed by atoms with van der Waals surface area (Å²) in [6.07, 6.45) is 3.62. The lowest BCUT2D eigenvalue weighted by Crippen LogP contribution is -2.61. The summed E-state index contributed by atoms with van der Waals surface area (Å²) in [5, 5.41) is 16.6. The second kappa shape index (κ2) is 11.8. The standard InChI is InChI=1S/C30H47N5O4/c1-17(2)23(14-18(3)28(38)39)35(11)27(37)25(29(4,5)6)33-26(36)24(32-9)30(7,8)21-16-34(10)22-13-12-19(31)15-20(21)22/h12-17,23-25,32H,31H2,1-11H3,(H,33,36)(H,38,39)/b18-14+/t23-,24?,25-/m1/s1. The quantitative estimate of drug-likeness (QED) is 0.268. The molecule has 1 unspecified atom stereocenters. The van der Waals surface area contributed by atoms with Crippen molar-refractivity contribution in [3.63, 3.8) is 0 Å². The van der Waals surface area contributed by atoms with E-state index in [9.17, 15) is 19.5 Å². The van der Waals surface area contributed by atoms with E-state index in [1.54, 1.807) is 25.1 Å². The Morgan fingerprint density at radius 2 is 1.69 bits per heavy atom. The molecule has 39 heavy (non-hydrogen) atoms. The number of rotatable bonds is 10. The van der Waals surface area contributed by atoms with E-state index in [0.29, 0.717) is 5.69 Å². The minimum Gasteiger partial charge on any atom is -0.478 e. The number of carbonyl (C=O) groups excluding carboxylic acids is 2. The smallest absolute Gasteiger partial charge is 0.331 e. The number of carboxylic acid groups (broad SMARTS) is 1. The van der Waals surface area contributed by atoms with Crippen LogP contribution in [-0.2, 0) is 26.8 Å². The molecule has 0 bridgehead atoms. The Bertz CT molecular complexity index is 1250. The molecule has 9 heteroatoms. The van der Waals surface area contributed by atoms with E-state index in [-0.39, 0.29) is 23.3 Å². The number of carbonyl (C=O) groups is 3. The molecule has 0 fully saturated rings. The SMILES string of the molecule is CNC(C(=O)N[C@H](C(=O)N(C)[C@H](/C=C(\C)C(=O)O)C(C)C)C(C)(C)C)C(C)(C)c1cn(C)c2ccc(N)cc12. The fourth-order valence-electron chi connectivity index (χ4n) is 5.20. The van der Waals surface area contributed by atoms with Crippen LogP contribution < -0.4 is 16.4 Å². The third-order valence-corrected chi connectivity index (χ3v) is 7.62. The molecule has 0 saturated carbocycles. The first-order valence-electron chi connectivity index (χ1n) is 13.4. The van der Waals surface area contributed by atoms with E-state index in [4.69, 9.17) is 5.73 Å². The van der Waals surface area contributed by atoms with E-state index in [2.05, 4.69) is 10.6 Å². The Labute approximate surface area is 232 Å². The van der Waals surface area contributed by atoms with Crippen LogP contribution in [-0.4, -0.2) is 64.6 Å². The number of fused-ring (bicyclic) bond motifs is 1. The number of likely N-dealkylation sites (N-methyl/N-ethyl adjacent to an activating group) is 2. The first-order chi connectivity index (χ1) is 17.8. The van der Waals surface area contributed by atoms with Crippen molar-refractivity contribution in [1.29, 1.82) is 0 Å². The number of nitrogen functional groups attached to an aromatic ring is 1. The molecule has 1 aromatic heterocycles. The zero-order chi connectivity index (χ0) is 30.0. The van der Waals surface area contributed by atoms with Crippen LogP contribution in [0.1, 0.15) is 61.0 Å². The Hall–Kier alpha value is -3.33. The molecule has 2 aromatic rings. The van der Waals surface area contributed by atoms with Crippen LogP contribution in [0.2, 0.25) is 0 Å². The summed E-state index contributed by atoms with van der Waals surface area (Å²) in [5.41, 5.74) is 7.61. The molecule has 3 atom stereocenters. The number of aromatic nitrogens is 1. The van der Waals surface area contributed by atoms with Crippen LogP contribution in [0.25, 0.3) is 10.9 Å². The van der Waals surface area contributed by atoms with Crippen LogP contribution >= 0.6 is 0 Å². The van der Waals surface area contributed by atoms with E-state index in [0.717, 1.165) is 16.5 Å². The second-order valence-corrected chi connectivity index (χ2v) is 12.5. The molecule has 5 N–H and O–H groups in total. The Morgan fingerprint density at radius 1 is 1.10 bits per heavy atom. The molecule has 0 saturated heterocycles. The molecule has 0 aliphatic rings. The molecular formula is C30H47N5O4. The summed E-state index contributed by atoms with van der Waals surface area (Å²) in [4.78, 5) is 40.8. The number of benzene rings is 1. The molecule has 1 heterocycles. The lowest BCUT2D eigenvalue weighted by molar-refractivity contribution is -0.141. The van der Waals surface area contributed by atoms with Crippen molar-refractivity contribution in [2.24, 2.45) is 18.4 Å². The van der Waals surface area contributed by atoms with Crippen molar-refractivity contribution in [3.8, 4) is 0 Å². The third kappa shape index (κ3) is 6.82. The number of aliphatic carboxylic acids is 1. The van der Waals surface area contributed by atoms with Crippen molar-refractivity contribution in [1.82, 2.24) is 20.1 Å². The summed E-state index contributed by atoms with van der Waals surface area (Å²) in [6.45, 7) is 15.1. The maximum absolute atomic E-state index is 13.9. The van der Waals surface area contributed by atoms with Gasteiger partial charge in [-0.1, -0.05) is 54.5 Å². The minimum absolute atomic E-state index is 0.0349. The van der Waals surface area contributed by atoms with Crippen molar-refractivity contribution in [3.05, 3.63) is 41.6 Å². The van der Waals surface area contributed by atoms with E-state index >= 15 is 0 Å². The molecule has 0 aliphatic heterocycles. The van der Waals surface area contributed by atoms with Crippen molar-refractivity contribution >= 4 is 34.4 Å². The first kappa shape index (κ1) is 31.9. The molecule has 0 radical (unpaired) electrons. The zero-order valence-electron chi connectivity index (χ0n) is 25.3. The van der Waals surface area contributed by atoms with Crippen LogP contribution in [0.4, 0.5) is 5.69 Å². The lowest BCUT2D eigenvalue weighted by Gasteiger charge is -2.39. The molecule has 0 aliphatic carbocycles. The maximum atomic E-state index is 13.9. The third-order valence-electron chi connectivity index (χ3n) is 7.62. The van der Waals surface area contributed by atoms with Gasteiger partial charge < -0.3 is 30.9 Å². The van der Waals surface area contributed by atoms with E-state index in [1.165, 1.54) is 6.92 Å². The number of hydrogen-bond donors (Lipinski definition) is 4. The maximum Gasteiger partial charge on any atom is 0.331 e. The minimum atomic E-state index is -1.03. The monoisotopic (exact) mass is 541 g/mol. The van der Waals surface area contributed by atoms with Gasteiger partial charge in [0.05, 0.1) is 12.1 Å². The van der Waals surface area contributed by atoms with Gasteiger partial charge in [0.2, 0.25) is 11.8 Å². The Kier molecular flexibility index (Phi) is 9.66. The number of hydrogen-bond acceptors (Lipinski definition) is 5. The number of nitrogens with two attached hydrogens (primary N) is 1. The Morgan fingerprint density at radius 3 is 2.18 bits per heavy atom. The van der Waals surface area contributed by atoms with Crippen molar-refractivity contribution in [2.45, 2.75) is 78.9 Å². The van der Waals surface area contributed by atoms with Crippen LogP contribution in [0.3, 0.4) is 0 Å². The topological polar surface area (TPSA) is 130 Å². The van der Waals surface area contributed by atoms with Gasteiger partial charge in [-0.05, 0) is 49.1 Å². The zero-order valence-corrected chi connectivity index (χ0v) is 25.3. The highest BCUT2D eigenvalue weighted by molar-refractivity contribution is 5.93. The number of aryl methyl sites for hydroxylation is 1. The van der Waals surface area contributed by atoms with Gasteiger partial charge >= 0.3 is 5.97 Å². The summed E-state index contributed by atoms with van der Waals surface area (Å²) in [6, 6.07) is 3.79. The summed E-state index contributed by atoms with van der Waals surface area (Å²) in [5.74, 6) is -1.65. The van der Waals surface area contributed by atoms with Crippen molar-refractivity contribution < 1.29 is 19.5 Å². The fraction of sp³-hybridized carbons (Fsp3) is 0.567. The average molecular weight is 542 g/mol. The highest BCUT2D eigenvalue weighted by Gasteiger charge is 2.42. The van der Waals surface area contributed by atoms with Crippen LogP contribution in [0.15, 0.2) is 36.0 Å². The van der Waals surface area contributed by atoms with Gasteiger partial charge in [0.1, 0.15) is 6.04 Å². The number of anilines is 1. The number of amides is 2. The van der Waals surface area contributed by atoms with Gasteiger partial charge in [-0.15, -0.1) is 0 Å². The van der Waals surface area contributed by atoms with Crippen LogP contribution in [0, 0.1) is 11.3 Å². The second-order valence-electron chi connectivity index (χ2n) is 12.5. The highest BCUT2D eigenvalue weighted by atomic mass is 16.4. The normalized spacial score (nSPS) is 15.2. The molecule has 0 spiro atoms. The van der Waals surface area contributed by atoms with Gasteiger partial charge in [-0.3, -0.25) is 9.59 Å². The van der Waals surface area contributed by atoms with E-state index < -0.39 is 34.9 Å². The van der Waals surface area contributed by atoms with Gasteiger partial charge in [0.15, 0.2) is 0 Å². The van der Waals surface area contributed by atoms with Gasteiger partial charge in [0, 0.05) is 47.9 Å². The molecule has 2 amide bonds. The van der Waals surface area contributed by atoms with Crippen molar-refractivity contribution in [2.75, 3.05) is 19.8 Å². The van der Waals surface area contributed by atoms with Gasteiger partial charge in [-0.25, -0.2) is 4.79 Å². The first-order valence-corrected chi connectivity index (χ1v) is 13.4. The number of carboxylic acids is 1. The summed E-state index contributed by atoms with van der Waals surface area (Å²) >= 11 is 0. The van der Waals surface area contributed by atoms with Crippen LogP contribution in [0.5, 0.6) is 0 Å². The summed E-state index contributed by atoms with van der Waals surface area (Å²) in [7, 11) is 5.35. The highest BCUT2D eigenvalue weighted by Crippen LogP contribution is 2.36. The van der Waals surface area contributed by atoms with Gasteiger partial charge in [0.25, 0.3) is 0 Å². The molecule has 9 nitrogen and oxygen atoms in total. The number of nitrogens with zero attached hydrogens (tertiary/aromatic N) is 2. The predicted octanol–water partition coefficient (Wildman–Crippen LogP) is 3.67. The molecule has 2 rings (SSSR count). The summed E-state index contributed by atoms with van der Waals surface area (Å²) < 4.78 is 2.02. The number of nitrogens with one attached hydrogen (secondary N) is 2. The molecular weight excluding hydrogens is 494 g/mol. The average Bonchev–Trinajstić information content (AvgIpc) is 3.15. The predicted molar refractivity (Wildman–Crippen MR) is 157 cm³/mol. The van der Waals surface area contributed by atoms with E-state index in [1.807, 2.05) is 84.5 Å². The Balaban J connectivity index is 2.46. The largest absolute Gasteiger partial charge is 0.478 e. The lowest BCUT2D eigenvalue weighted by atomic mass is 9.76.